The smallest absolute Gasteiger partial charge is 0.434 e. The number of hydrogen-bond donors (Lipinski definition) is 0. The molecule has 0 bridgehead atoms. The van der Waals surface area contributed by atoms with Crippen LogP contribution in [-0.2, 0) is 14.4 Å². The third-order valence-corrected chi connectivity index (χ3v) is 4.99. The van der Waals surface area contributed by atoms with Gasteiger partial charge in [0, 0.05) is 5.92 Å². The lowest BCUT2D eigenvalue weighted by Gasteiger charge is -2.28. The van der Waals surface area contributed by atoms with Crippen LogP contribution in [0.3, 0.4) is 0 Å². The molecule has 1 aliphatic carbocycles. The molecule has 0 N–H and O–H groups in total. The quantitative estimate of drug-likeness (QED) is 0.329. The molecule has 2 aromatic rings. The van der Waals surface area contributed by atoms with Gasteiger partial charge >= 0.3 is 6.09 Å². The molecule has 0 saturated heterocycles. The Labute approximate surface area is 172 Å². The zero-order valence-electron chi connectivity index (χ0n) is 15.2. The van der Waals surface area contributed by atoms with E-state index in [1.165, 1.54) is 0 Å². The van der Waals surface area contributed by atoms with Gasteiger partial charge in [-0.2, -0.15) is 5.06 Å². The van der Waals surface area contributed by atoms with E-state index in [0.29, 0.717) is 0 Å². The van der Waals surface area contributed by atoms with E-state index in [4.69, 9.17) is 9.57 Å². The molecule has 1 amide bonds. The summed E-state index contributed by atoms with van der Waals surface area (Å²) in [6, 6.07) is 15.5. The maximum Gasteiger partial charge on any atom is 0.434 e. The maximum absolute atomic E-state index is 12.6. The summed E-state index contributed by atoms with van der Waals surface area (Å²) >= 11 is 1.97. The van der Waals surface area contributed by atoms with Crippen molar-refractivity contribution in [1.82, 2.24) is 5.06 Å². The number of alkyl halides is 1. The highest BCUT2D eigenvalue weighted by atomic mass is 127. The van der Waals surface area contributed by atoms with Crippen molar-refractivity contribution in [1.29, 1.82) is 0 Å². The van der Waals surface area contributed by atoms with Gasteiger partial charge in [-0.15, -0.1) is 0 Å². The summed E-state index contributed by atoms with van der Waals surface area (Å²) < 4.78 is 5.80. The minimum Gasteiger partial charge on any atom is -0.447 e. The summed E-state index contributed by atoms with van der Waals surface area (Å²) in [5.41, 5.74) is 4.59. The predicted molar refractivity (Wildman–Crippen MR) is 111 cm³/mol. The molecule has 0 saturated carbocycles. The van der Waals surface area contributed by atoms with Crippen LogP contribution in [-0.4, -0.2) is 34.7 Å². The zero-order valence-corrected chi connectivity index (χ0v) is 17.4. The SMILES string of the molecule is CC(C)[C@@H]([C]=O)N(OCI)C(=O)OCC1c2ccccc2-c2ccccc21. The minimum absolute atomic E-state index is 0.0412. The van der Waals surface area contributed by atoms with Gasteiger partial charge in [0.1, 0.15) is 17.3 Å². The fourth-order valence-corrected chi connectivity index (χ4v) is 3.71. The number of hydrogen-bond acceptors (Lipinski definition) is 4. The first-order chi connectivity index (χ1) is 13.1. The van der Waals surface area contributed by atoms with Gasteiger partial charge < -0.3 is 4.74 Å². The van der Waals surface area contributed by atoms with E-state index in [2.05, 4.69) is 24.3 Å². The van der Waals surface area contributed by atoms with E-state index in [0.717, 1.165) is 27.3 Å². The first kappa shape index (κ1) is 19.8. The van der Waals surface area contributed by atoms with Crippen LogP contribution >= 0.6 is 22.6 Å². The Hall–Kier alpha value is -1.93. The molecule has 2 aromatic carbocycles. The van der Waals surface area contributed by atoms with Crippen molar-refractivity contribution in [2.24, 2.45) is 5.92 Å². The van der Waals surface area contributed by atoms with Crippen LogP contribution < -0.4 is 0 Å². The summed E-state index contributed by atoms with van der Waals surface area (Å²) in [5.74, 6) is -0.175. The number of rotatable bonds is 7. The van der Waals surface area contributed by atoms with Gasteiger partial charge in [-0.1, -0.05) is 85.0 Å². The van der Waals surface area contributed by atoms with Gasteiger partial charge in [-0.3, -0.25) is 9.63 Å². The van der Waals surface area contributed by atoms with Gasteiger partial charge in [-0.25, -0.2) is 4.79 Å². The van der Waals surface area contributed by atoms with Crippen LogP contribution in [0.2, 0.25) is 0 Å². The van der Waals surface area contributed by atoms with Crippen molar-refractivity contribution >= 4 is 35.0 Å². The lowest BCUT2D eigenvalue weighted by atomic mass is 9.98. The second-order valence-corrected chi connectivity index (χ2v) is 7.30. The molecular formula is C21H21INO4. The Bertz CT molecular complexity index is 778. The summed E-state index contributed by atoms with van der Waals surface area (Å²) in [6.45, 7) is 3.84. The number of benzene rings is 2. The molecule has 1 radical (unpaired) electrons. The molecule has 0 spiro atoms. The van der Waals surface area contributed by atoms with Gasteiger partial charge in [0.15, 0.2) is 0 Å². The molecule has 1 atom stereocenters. The van der Waals surface area contributed by atoms with Crippen molar-refractivity contribution in [2.45, 2.75) is 25.8 Å². The molecule has 0 fully saturated rings. The summed E-state index contributed by atoms with van der Waals surface area (Å²) in [7, 11) is 0. The average molecular weight is 478 g/mol. The van der Waals surface area contributed by atoms with Crippen LogP contribution in [0, 0.1) is 5.92 Å². The first-order valence-electron chi connectivity index (χ1n) is 8.79. The van der Waals surface area contributed by atoms with E-state index < -0.39 is 12.1 Å². The lowest BCUT2D eigenvalue weighted by molar-refractivity contribution is -0.134. The molecule has 141 valence electrons. The Morgan fingerprint density at radius 2 is 1.67 bits per heavy atom. The predicted octanol–water partition coefficient (Wildman–Crippen LogP) is 4.70. The Kier molecular flexibility index (Phi) is 6.49. The number of ether oxygens (including phenoxy) is 1. The monoisotopic (exact) mass is 478 g/mol. The zero-order chi connectivity index (χ0) is 19.4. The normalized spacial score (nSPS) is 13.8. The van der Waals surface area contributed by atoms with E-state index in [-0.39, 0.29) is 23.1 Å². The molecule has 27 heavy (non-hydrogen) atoms. The van der Waals surface area contributed by atoms with Crippen molar-refractivity contribution in [3.05, 3.63) is 59.7 Å². The fourth-order valence-electron chi connectivity index (χ4n) is 3.41. The number of carbonyl (C=O) groups is 1. The van der Waals surface area contributed by atoms with Crippen molar-refractivity contribution in [2.75, 3.05) is 11.2 Å². The van der Waals surface area contributed by atoms with E-state index in [1.54, 1.807) is 0 Å². The lowest BCUT2D eigenvalue weighted by Crippen LogP contribution is -2.44. The molecule has 3 rings (SSSR count). The van der Waals surface area contributed by atoms with Gasteiger partial charge in [0.25, 0.3) is 0 Å². The second kappa shape index (κ2) is 8.84. The van der Waals surface area contributed by atoms with Gasteiger partial charge in [0.05, 0.1) is 0 Å². The molecule has 0 aliphatic heterocycles. The van der Waals surface area contributed by atoms with Gasteiger partial charge in [0.2, 0.25) is 6.29 Å². The second-order valence-electron chi connectivity index (χ2n) is 6.67. The summed E-state index contributed by atoms with van der Waals surface area (Å²) in [5, 5.41) is 0.997. The van der Waals surface area contributed by atoms with E-state index in [9.17, 15) is 9.59 Å². The largest absolute Gasteiger partial charge is 0.447 e. The number of hydroxylamine groups is 2. The molecule has 0 heterocycles. The van der Waals surface area contributed by atoms with E-state index >= 15 is 0 Å². The van der Waals surface area contributed by atoms with Crippen LogP contribution in [0.5, 0.6) is 0 Å². The third-order valence-electron chi connectivity index (χ3n) is 4.71. The topological polar surface area (TPSA) is 55.8 Å². The summed E-state index contributed by atoms with van der Waals surface area (Å²) in [6.07, 6.45) is 1.20. The van der Waals surface area contributed by atoms with Crippen LogP contribution in [0.25, 0.3) is 11.1 Å². The number of amides is 1. The van der Waals surface area contributed by atoms with Crippen LogP contribution in [0.1, 0.15) is 30.9 Å². The third kappa shape index (κ3) is 4.01. The average Bonchev–Trinajstić information content (AvgIpc) is 3.00. The Morgan fingerprint density at radius 1 is 1.11 bits per heavy atom. The molecule has 6 heteroatoms. The van der Waals surface area contributed by atoms with E-state index in [1.807, 2.05) is 67.0 Å². The molecule has 1 aliphatic rings. The first-order valence-corrected chi connectivity index (χ1v) is 10.3. The highest BCUT2D eigenvalue weighted by Crippen LogP contribution is 2.44. The fraction of sp³-hybridized carbons (Fsp3) is 0.333. The number of carbonyl (C=O) groups excluding carboxylic acids is 2. The molecule has 0 aromatic heterocycles. The summed E-state index contributed by atoms with van der Waals surface area (Å²) in [4.78, 5) is 29.3. The molecule has 5 nitrogen and oxygen atoms in total. The highest BCUT2D eigenvalue weighted by molar-refractivity contribution is 14.1. The standard InChI is InChI=1S/C21H21INO4/c1-14(2)20(11-24)23(27-13-22)21(25)26-12-19-17-9-5-3-7-15(17)16-8-4-6-10-18(16)19/h3-10,14,19-20H,12-13H2,1-2H3/t20-/m1/s1. The van der Waals surface area contributed by atoms with Gasteiger partial charge in [-0.05, 0) is 28.2 Å². The van der Waals surface area contributed by atoms with Crippen molar-refractivity contribution in [3.8, 4) is 11.1 Å². The molecule has 0 unspecified atom stereocenters. The van der Waals surface area contributed by atoms with Crippen molar-refractivity contribution in [3.63, 3.8) is 0 Å². The minimum atomic E-state index is -0.810. The Morgan fingerprint density at radius 3 is 2.15 bits per heavy atom. The maximum atomic E-state index is 12.6. The number of fused-ring (bicyclic) bond motifs is 3. The number of halogens is 1. The highest BCUT2D eigenvalue weighted by Gasteiger charge is 2.33. The van der Waals surface area contributed by atoms with Crippen LogP contribution in [0.15, 0.2) is 48.5 Å². The molecular weight excluding hydrogens is 457 g/mol. The number of nitrogens with zero attached hydrogens (tertiary/aromatic N) is 1. The van der Waals surface area contributed by atoms with Crippen LogP contribution in [0.4, 0.5) is 4.79 Å². The van der Waals surface area contributed by atoms with Crippen molar-refractivity contribution < 1.29 is 19.2 Å². The Balaban J connectivity index is 1.79.